The van der Waals surface area contributed by atoms with E-state index in [0.717, 1.165) is 36.9 Å². The van der Waals surface area contributed by atoms with Crippen LogP contribution in [0.3, 0.4) is 0 Å². The number of nitrogens with one attached hydrogen (secondary N) is 2. The first-order valence-electron chi connectivity index (χ1n) is 8.23. The van der Waals surface area contributed by atoms with Crippen molar-refractivity contribution in [2.24, 2.45) is 0 Å². The van der Waals surface area contributed by atoms with Gasteiger partial charge in [0.15, 0.2) is 0 Å². The third kappa shape index (κ3) is 5.69. The molecule has 0 radical (unpaired) electrons. The molecular formula is C17H25ClN4O2. The van der Waals surface area contributed by atoms with E-state index in [9.17, 15) is 9.59 Å². The van der Waals surface area contributed by atoms with Gasteiger partial charge in [0.25, 0.3) is 0 Å². The highest BCUT2D eigenvalue weighted by atomic mass is 35.5. The standard InChI is InChI=1S/C17H25ClN4O2/c1-13(2)20-16(23)11-19-17(24)12-21-7-9-22(10-8-21)15-6-4-3-5-14(15)18/h3-6,13H,7-12H2,1-2H3,(H,19,24)(H,20,23). The van der Waals surface area contributed by atoms with Crippen LogP contribution < -0.4 is 15.5 Å². The summed E-state index contributed by atoms with van der Waals surface area (Å²) < 4.78 is 0. The van der Waals surface area contributed by atoms with Crippen molar-refractivity contribution >= 4 is 29.1 Å². The number of rotatable bonds is 6. The van der Waals surface area contributed by atoms with Crippen molar-refractivity contribution in [1.29, 1.82) is 0 Å². The zero-order valence-electron chi connectivity index (χ0n) is 14.2. The summed E-state index contributed by atoms with van der Waals surface area (Å²) in [6.07, 6.45) is 0. The lowest BCUT2D eigenvalue weighted by molar-refractivity contribution is -0.127. The van der Waals surface area contributed by atoms with Crippen molar-refractivity contribution in [3.63, 3.8) is 0 Å². The van der Waals surface area contributed by atoms with Crippen molar-refractivity contribution in [2.75, 3.05) is 44.2 Å². The van der Waals surface area contributed by atoms with Gasteiger partial charge in [-0.05, 0) is 26.0 Å². The predicted octanol–water partition coefficient (Wildman–Crippen LogP) is 1.10. The Balaban J connectivity index is 1.72. The molecule has 1 fully saturated rings. The van der Waals surface area contributed by atoms with Crippen molar-refractivity contribution in [3.8, 4) is 0 Å². The average molecular weight is 353 g/mol. The molecular weight excluding hydrogens is 328 g/mol. The molecule has 0 unspecified atom stereocenters. The molecule has 1 aromatic carbocycles. The molecule has 132 valence electrons. The third-order valence-corrected chi connectivity index (χ3v) is 4.15. The van der Waals surface area contributed by atoms with Gasteiger partial charge in [-0.2, -0.15) is 0 Å². The molecule has 2 amide bonds. The zero-order chi connectivity index (χ0) is 17.5. The molecule has 0 saturated carbocycles. The molecule has 0 aliphatic carbocycles. The highest BCUT2D eigenvalue weighted by Gasteiger charge is 2.20. The number of para-hydroxylation sites is 1. The van der Waals surface area contributed by atoms with Crippen molar-refractivity contribution in [1.82, 2.24) is 15.5 Å². The molecule has 0 aromatic heterocycles. The average Bonchev–Trinajstić information content (AvgIpc) is 2.54. The van der Waals surface area contributed by atoms with Crippen molar-refractivity contribution < 1.29 is 9.59 Å². The van der Waals surface area contributed by atoms with Crippen LogP contribution in [-0.2, 0) is 9.59 Å². The minimum absolute atomic E-state index is 0.0244. The van der Waals surface area contributed by atoms with E-state index < -0.39 is 0 Å². The third-order valence-electron chi connectivity index (χ3n) is 3.83. The normalized spacial score (nSPS) is 15.4. The summed E-state index contributed by atoms with van der Waals surface area (Å²) in [5, 5.41) is 6.15. The van der Waals surface area contributed by atoms with Gasteiger partial charge >= 0.3 is 0 Å². The fourth-order valence-electron chi connectivity index (χ4n) is 2.67. The molecule has 1 heterocycles. The number of hydrogen-bond acceptors (Lipinski definition) is 4. The molecule has 1 aromatic rings. The number of carbonyl (C=O) groups excluding carboxylic acids is 2. The van der Waals surface area contributed by atoms with Gasteiger partial charge in [-0.15, -0.1) is 0 Å². The second-order valence-electron chi connectivity index (χ2n) is 6.21. The van der Waals surface area contributed by atoms with Crippen molar-refractivity contribution in [3.05, 3.63) is 29.3 Å². The van der Waals surface area contributed by atoms with E-state index in [-0.39, 0.29) is 24.4 Å². The number of piperazine rings is 1. The van der Waals surface area contributed by atoms with Crippen LogP contribution in [0.2, 0.25) is 5.02 Å². The SMILES string of the molecule is CC(C)NC(=O)CNC(=O)CN1CCN(c2ccccc2Cl)CC1. The summed E-state index contributed by atoms with van der Waals surface area (Å²) >= 11 is 6.23. The van der Waals surface area contributed by atoms with Crippen LogP contribution in [0.1, 0.15) is 13.8 Å². The largest absolute Gasteiger partial charge is 0.368 e. The first-order valence-corrected chi connectivity index (χ1v) is 8.61. The Morgan fingerprint density at radius 2 is 1.79 bits per heavy atom. The summed E-state index contributed by atoms with van der Waals surface area (Å²) in [7, 11) is 0. The molecule has 0 bridgehead atoms. The maximum atomic E-state index is 11.9. The van der Waals surface area contributed by atoms with E-state index in [1.165, 1.54) is 0 Å². The maximum Gasteiger partial charge on any atom is 0.239 e. The van der Waals surface area contributed by atoms with E-state index in [0.29, 0.717) is 6.54 Å². The van der Waals surface area contributed by atoms with E-state index in [2.05, 4.69) is 20.4 Å². The molecule has 0 atom stereocenters. The topological polar surface area (TPSA) is 64.7 Å². The molecule has 2 rings (SSSR count). The predicted molar refractivity (Wildman–Crippen MR) is 96.4 cm³/mol. The summed E-state index contributed by atoms with van der Waals surface area (Å²) in [5.41, 5.74) is 1.04. The Morgan fingerprint density at radius 3 is 2.42 bits per heavy atom. The molecule has 0 spiro atoms. The van der Waals surface area contributed by atoms with Gasteiger partial charge in [0, 0.05) is 32.2 Å². The van der Waals surface area contributed by atoms with Crippen LogP contribution in [0.5, 0.6) is 0 Å². The minimum atomic E-state index is -0.165. The Kier molecular flexibility index (Phi) is 6.87. The number of hydrogen-bond donors (Lipinski definition) is 2. The van der Waals surface area contributed by atoms with Gasteiger partial charge in [-0.3, -0.25) is 14.5 Å². The Hall–Kier alpha value is -1.79. The van der Waals surface area contributed by atoms with E-state index in [1.807, 2.05) is 38.1 Å². The number of amides is 2. The van der Waals surface area contributed by atoms with Gasteiger partial charge in [-0.25, -0.2) is 0 Å². The molecule has 7 heteroatoms. The van der Waals surface area contributed by atoms with Crippen LogP contribution in [0.15, 0.2) is 24.3 Å². The molecule has 24 heavy (non-hydrogen) atoms. The quantitative estimate of drug-likeness (QED) is 0.804. The summed E-state index contributed by atoms with van der Waals surface area (Å²) in [6.45, 7) is 7.34. The van der Waals surface area contributed by atoms with E-state index in [1.54, 1.807) is 0 Å². The number of nitrogens with zero attached hydrogens (tertiary/aromatic N) is 2. The van der Waals surface area contributed by atoms with E-state index in [4.69, 9.17) is 11.6 Å². The van der Waals surface area contributed by atoms with Crippen molar-refractivity contribution in [2.45, 2.75) is 19.9 Å². The number of benzene rings is 1. The van der Waals surface area contributed by atoms with Gasteiger partial charge < -0.3 is 15.5 Å². The minimum Gasteiger partial charge on any atom is -0.368 e. The fraction of sp³-hybridized carbons (Fsp3) is 0.529. The Morgan fingerprint density at radius 1 is 1.12 bits per heavy atom. The highest BCUT2D eigenvalue weighted by Crippen LogP contribution is 2.25. The number of halogens is 1. The monoisotopic (exact) mass is 352 g/mol. The summed E-state index contributed by atoms with van der Waals surface area (Å²) in [5.74, 6) is -0.290. The van der Waals surface area contributed by atoms with E-state index >= 15 is 0 Å². The Labute approximate surface area is 148 Å². The lowest BCUT2D eigenvalue weighted by Gasteiger charge is -2.36. The molecule has 1 aliphatic heterocycles. The second-order valence-corrected chi connectivity index (χ2v) is 6.62. The van der Waals surface area contributed by atoms with Crippen LogP contribution in [0, 0.1) is 0 Å². The molecule has 2 N–H and O–H groups in total. The van der Waals surface area contributed by atoms with Gasteiger partial charge in [0.1, 0.15) is 0 Å². The van der Waals surface area contributed by atoms with Crippen LogP contribution >= 0.6 is 11.6 Å². The molecule has 1 saturated heterocycles. The van der Waals surface area contributed by atoms with Crippen LogP contribution in [0.4, 0.5) is 5.69 Å². The summed E-state index contributed by atoms with van der Waals surface area (Å²) in [4.78, 5) is 27.8. The number of carbonyl (C=O) groups is 2. The molecule has 6 nitrogen and oxygen atoms in total. The lowest BCUT2D eigenvalue weighted by atomic mass is 10.2. The van der Waals surface area contributed by atoms with Gasteiger partial charge in [0.05, 0.1) is 23.8 Å². The first-order chi connectivity index (χ1) is 11.5. The zero-order valence-corrected chi connectivity index (χ0v) is 15.0. The van der Waals surface area contributed by atoms with Crippen LogP contribution in [0.25, 0.3) is 0 Å². The first kappa shape index (κ1) is 18.5. The van der Waals surface area contributed by atoms with Gasteiger partial charge in [-0.1, -0.05) is 23.7 Å². The van der Waals surface area contributed by atoms with Gasteiger partial charge in [0.2, 0.25) is 11.8 Å². The second kappa shape index (κ2) is 8.89. The number of anilines is 1. The highest BCUT2D eigenvalue weighted by molar-refractivity contribution is 6.33. The summed E-state index contributed by atoms with van der Waals surface area (Å²) in [6, 6.07) is 7.87. The maximum absolute atomic E-state index is 11.9. The lowest BCUT2D eigenvalue weighted by Crippen LogP contribution is -2.50. The van der Waals surface area contributed by atoms with Crippen LogP contribution in [-0.4, -0.2) is 62.0 Å². The molecule has 1 aliphatic rings. The fourth-order valence-corrected chi connectivity index (χ4v) is 2.92. The Bertz CT molecular complexity index is 571. The smallest absolute Gasteiger partial charge is 0.239 e.